The number of rotatable bonds is 6. The lowest BCUT2D eigenvalue weighted by atomic mass is 10.1. The van der Waals surface area contributed by atoms with Crippen molar-refractivity contribution in [2.45, 2.75) is 49.3 Å². The molecule has 2 aromatic rings. The normalized spacial score (nSPS) is 14.5. The van der Waals surface area contributed by atoms with Crippen LogP contribution in [-0.2, 0) is 0 Å². The highest BCUT2D eigenvalue weighted by atomic mass is 32.2. The van der Waals surface area contributed by atoms with Crippen LogP contribution in [0.4, 0.5) is 14.5 Å². The SMILES string of the molecule is Cc1cc(C(=O)NC2CCCC2)ccc1NC(=O)c1sccc1SC(F)F. The van der Waals surface area contributed by atoms with E-state index in [9.17, 15) is 18.4 Å². The molecule has 1 saturated carbocycles. The van der Waals surface area contributed by atoms with Gasteiger partial charge < -0.3 is 10.6 Å². The molecule has 1 aliphatic carbocycles. The number of benzene rings is 1. The van der Waals surface area contributed by atoms with Crippen molar-refractivity contribution >= 4 is 40.6 Å². The number of thiophene rings is 1. The minimum atomic E-state index is -2.58. The van der Waals surface area contributed by atoms with Gasteiger partial charge in [-0.1, -0.05) is 24.6 Å². The topological polar surface area (TPSA) is 58.2 Å². The van der Waals surface area contributed by atoms with Gasteiger partial charge in [-0.2, -0.15) is 8.78 Å². The van der Waals surface area contributed by atoms with Crippen LogP contribution in [0.2, 0.25) is 0 Å². The summed E-state index contributed by atoms with van der Waals surface area (Å²) in [6, 6.07) is 6.81. The number of nitrogens with one attached hydrogen (secondary N) is 2. The van der Waals surface area contributed by atoms with E-state index in [4.69, 9.17) is 0 Å². The van der Waals surface area contributed by atoms with Crippen molar-refractivity contribution in [2.75, 3.05) is 5.32 Å². The molecular formula is C19H20F2N2O2S2. The Balaban J connectivity index is 1.68. The zero-order valence-corrected chi connectivity index (χ0v) is 16.4. The Morgan fingerprint density at radius 1 is 1.19 bits per heavy atom. The van der Waals surface area contributed by atoms with Gasteiger partial charge in [0.25, 0.3) is 17.6 Å². The predicted octanol–water partition coefficient (Wildman–Crippen LogP) is 5.30. The van der Waals surface area contributed by atoms with Gasteiger partial charge in [0.1, 0.15) is 4.88 Å². The molecule has 2 amide bonds. The number of thioether (sulfide) groups is 1. The van der Waals surface area contributed by atoms with Gasteiger partial charge in [-0.3, -0.25) is 9.59 Å². The highest BCUT2D eigenvalue weighted by Gasteiger charge is 2.20. The molecule has 1 aliphatic rings. The first-order valence-electron chi connectivity index (χ1n) is 8.69. The summed E-state index contributed by atoms with van der Waals surface area (Å²) in [6.45, 7) is 1.80. The number of alkyl halides is 2. The molecule has 0 bridgehead atoms. The van der Waals surface area contributed by atoms with Crippen LogP contribution in [0.1, 0.15) is 51.3 Å². The summed E-state index contributed by atoms with van der Waals surface area (Å²) >= 11 is 1.48. The van der Waals surface area contributed by atoms with E-state index in [0.717, 1.165) is 42.6 Å². The summed E-state index contributed by atoms with van der Waals surface area (Å²) in [5.74, 6) is -3.12. The summed E-state index contributed by atoms with van der Waals surface area (Å²) in [7, 11) is 0. The van der Waals surface area contributed by atoms with E-state index in [1.54, 1.807) is 30.5 Å². The van der Waals surface area contributed by atoms with Gasteiger partial charge in [0.05, 0.1) is 0 Å². The van der Waals surface area contributed by atoms with Gasteiger partial charge in [-0.25, -0.2) is 0 Å². The molecule has 3 rings (SSSR count). The van der Waals surface area contributed by atoms with Crippen molar-refractivity contribution in [3.8, 4) is 0 Å². The quantitative estimate of drug-likeness (QED) is 0.636. The molecule has 2 N–H and O–H groups in total. The van der Waals surface area contributed by atoms with Crippen LogP contribution in [0.15, 0.2) is 34.5 Å². The number of anilines is 1. The lowest BCUT2D eigenvalue weighted by Crippen LogP contribution is -2.32. The van der Waals surface area contributed by atoms with E-state index in [1.165, 1.54) is 6.07 Å². The van der Waals surface area contributed by atoms with E-state index in [-0.39, 0.29) is 21.7 Å². The maximum atomic E-state index is 12.6. The van der Waals surface area contributed by atoms with Gasteiger partial charge in [0.2, 0.25) is 0 Å². The molecule has 0 unspecified atom stereocenters. The maximum absolute atomic E-state index is 12.6. The molecule has 0 aliphatic heterocycles. The monoisotopic (exact) mass is 410 g/mol. The Kier molecular flexibility index (Phi) is 6.49. The second-order valence-electron chi connectivity index (χ2n) is 6.43. The summed E-state index contributed by atoms with van der Waals surface area (Å²) < 4.78 is 25.2. The van der Waals surface area contributed by atoms with Crippen molar-refractivity contribution < 1.29 is 18.4 Å². The molecule has 0 spiro atoms. The zero-order chi connectivity index (χ0) is 19.4. The van der Waals surface area contributed by atoms with Crippen molar-refractivity contribution in [3.63, 3.8) is 0 Å². The molecule has 4 nitrogen and oxygen atoms in total. The van der Waals surface area contributed by atoms with Gasteiger partial charge >= 0.3 is 0 Å². The molecular weight excluding hydrogens is 390 g/mol. The van der Waals surface area contributed by atoms with Crippen molar-refractivity contribution in [3.05, 3.63) is 45.6 Å². The first-order chi connectivity index (χ1) is 12.9. The third-order valence-electron chi connectivity index (χ3n) is 4.48. The second-order valence-corrected chi connectivity index (χ2v) is 8.38. The summed E-state index contributed by atoms with van der Waals surface area (Å²) in [6.07, 6.45) is 4.31. The summed E-state index contributed by atoms with van der Waals surface area (Å²) in [5.41, 5.74) is 1.84. The van der Waals surface area contributed by atoms with E-state index in [2.05, 4.69) is 10.6 Å². The lowest BCUT2D eigenvalue weighted by molar-refractivity contribution is 0.0937. The number of aryl methyl sites for hydroxylation is 1. The average molecular weight is 411 g/mol. The Morgan fingerprint density at radius 2 is 1.93 bits per heavy atom. The van der Waals surface area contributed by atoms with E-state index < -0.39 is 11.7 Å². The smallest absolute Gasteiger partial charge is 0.288 e. The molecule has 0 atom stereocenters. The molecule has 144 valence electrons. The number of carbonyl (C=O) groups excluding carboxylic acids is 2. The third kappa shape index (κ3) is 5.07. The number of halogens is 2. The summed E-state index contributed by atoms with van der Waals surface area (Å²) in [4.78, 5) is 25.3. The van der Waals surface area contributed by atoms with Crippen molar-refractivity contribution in [2.24, 2.45) is 0 Å². The van der Waals surface area contributed by atoms with E-state index in [1.807, 2.05) is 0 Å². The number of carbonyl (C=O) groups is 2. The van der Waals surface area contributed by atoms with Crippen LogP contribution < -0.4 is 10.6 Å². The number of hydrogen-bond acceptors (Lipinski definition) is 4. The van der Waals surface area contributed by atoms with Crippen LogP contribution in [0.5, 0.6) is 0 Å². The highest BCUT2D eigenvalue weighted by molar-refractivity contribution is 7.99. The molecule has 1 fully saturated rings. The molecule has 8 heteroatoms. The third-order valence-corrected chi connectivity index (χ3v) is 6.29. The lowest BCUT2D eigenvalue weighted by Gasteiger charge is -2.14. The fourth-order valence-corrected chi connectivity index (χ4v) is 4.71. The predicted molar refractivity (Wildman–Crippen MR) is 105 cm³/mol. The molecule has 0 radical (unpaired) electrons. The fourth-order valence-electron chi connectivity index (χ4n) is 3.11. The van der Waals surface area contributed by atoms with Crippen LogP contribution in [0.25, 0.3) is 0 Å². The Labute approximate surface area is 164 Å². The van der Waals surface area contributed by atoms with Crippen LogP contribution in [0, 0.1) is 6.92 Å². The number of hydrogen-bond donors (Lipinski definition) is 2. The van der Waals surface area contributed by atoms with Gasteiger partial charge in [0.15, 0.2) is 0 Å². The highest BCUT2D eigenvalue weighted by Crippen LogP contribution is 2.32. The minimum Gasteiger partial charge on any atom is -0.349 e. The van der Waals surface area contributed by atoms with Crippen molar-refractivity contribution in [1.29, 1.82) is 0 Å². The molecule has 1 heterocycles. The first-order valence-corrected chi connectivity index (χ1v) is 10.4. The standard InChI is InChI=1S/C19H20F2N2O2S2/c1-11-10-12(17(24)22-13-4-2-3-5-13)6-7-14(11)23-18(25)16-15(8-9-26-16)27-19(20)21/h6-10,13,19H,2-5H2,1H3,(H,22,24)(H,23,25). The molecule has 1 aromatic heterocycles. The first kappa shape index (κ1) is 19.8. The molecule has 27 heavy (non-hydrogen) atoms. The van der Waals surface area contributed by atoms with Gasteiger partial charge in [-0.15, -0.1) is 11.3 Å². The van der Waals surface area contributed by atoms with Gasteiger partial charge in [-0.05, 0) is 55.0 Å². The maximum Gasteiger partial charge on any atom is 0.288 e. The van der Waals surface area contributed by atoms with Crippen molar-refractivity contribution in [1.82, 2.24) is 5.32 Å². The van der Waals surface area contributed by atoms with Crippen LogP contribution in [0.3, 0.4) is 0 Å². The number of amides is 2. The summed E-state index contributed by atoms with van der Waals surface area (Å²) in [5, 5.41) is 7.39. The van der Waals surface area contributed by atoms with Crippen LogP contribution in [-0.4, -0.2) is 23.6 Å². The Hall–Kier alpha value is -1.93. The Bertz CT molecular complexity index is 833. The fraction of sp³-hybridized carbons (Fsp3) is 0.368. The van der Waals surface area contributed by atoms with Crippen LogP contribution >= 0.6 is 23.1 Å². The zero-order valence-electron chi connectivity index (χ0n) is 14.8. The Morgan fingerprint density at radius 3 is 2.59 bits per heavy atom. The largest absolute Gasteiger partial charge is 0.349 e. The van der Waals surface area contributed by atoms with E-state index in [0.29, 0.717) is 23.0 Å². The average Bonchev–Trinajstić information content (AvgIpc) is 3.28. The molecule has 0 saturated heterocycles. The minimum absolute atomic E-state index is 0.114. The molecule has 1 aromatic carbocycles. The second kappa shape index (κ2) is 8.84. The van der Waals surface area contributed by atoms with Gasteiger partial charge in [0, 0.05) is 22.2 Å². The van der Waals surface area contributed by atoms with E-state index >= 15 is 0 Å².